The molecule has 3 N–H and O–H groups in total. The van der Waals surface area contributed by atoms with Gasteiger partial charge in [-0.15, -0.1) is 11.3 Å². The first-order chi connectivity index (χ1) is 6.15. The van der Waals surface area contributed by atoms with E-state index in [9.17, 15) is 4.79 Å². The first-order valence-corrected chi connectivity index (χ1v) is 4.97. The molecule has 1 rings (SSSR count). The van der Waals surface area contributed by atoms with Crippen LogP contribution in [0.2, 0.25) is 0 Å². The van der Waals surface area contributed by atoms with E-state index in [4.69, 9.17) is 5.73 Å². The molecule has 1 aromatic heterocycles. The molecule has 0 fully saturated rings. The summed E-state index contributed by atoms with van der Waals surface area (Å²) in [6.45, 7) is 4.53. The third kappa shape index (κ3) is 2.50. The van der Waals surface area contributed by atoms with Crippen LogP contribution in [0.15, 0.2) is 5.38 Å². The quantitative estimate of drug-likeness (QED) is 0.745. The summed E-state index contributed by atoms with van der Waals surface area (Å²) in [6.07, 6.45) is 0. The van der Waals surface area contributed by atoms with E-state index in [0.717, 1.165) is 10.7 Å². The van der Waals surface area contributed by atoms with Crippen LogP contribution in [0.5, 0.6) is 0 Å². The molecule has 0 bridgehead atoms. The van der Waals surface area contributed by atoms with Gasteiger partial charge in [0.2, 0.25) is 5.91 Å². The summed E-state index contributed by atoms with van der Waals surface area (Å²) in [5.41, 5.74) is 5.95. The Labute approximate surface area is 81.2 Å². The molecular formula is C8H13N3OS. The normalized spacial score (nSPS) is 12.8. The molecule has 1 heterocycles. The molecule has 5 heteroatoms. The fourth-order valence-electron chi connectivity index (χ4n) is 1.07. The van der Waals surface area contributed by atoms with Crippen LogP contribution >= 0.6 is 11.3 Å². The van der Waals surface area contributed by atoms with Crippen LogP contribution in [0.4, 0.5) is 0 Å². The zero-order valence-electron chi connectivity index (χ0n) is 7.70. The highest BCUT2D eigenvalue weighted by Gasteiger charge is 2.18. The van der Waals surface area contributed by atoms with Gasteiger partial charge in [0.25, 0.3) is 0 Å². The van der Waals surface area contributed by atoms with Crippen molar-refractivity contribution in [3.05, 3.63) is 16.1 Å². The molecule has 0 aliphatic carbocycles. The van der Waals surface area contributed by atoms with E-state index in [1.165, 1.54) is 11.3 Å². The van der Waals surface area contributed by atoms with Crippen LogP contribution in [-0.4, -0.2) is 17.4 Å². The van der Waals surface area contributed by atoms with Crippen molar-refractivity contribution in [1.82, 2.24) is 10.3 Å². The van der Waals surface area contributed by atoms with Crippen LogP contribution in [0.3, 0.4) is 0 Å². The molecule has 1 unspecified atom stereocenters. The Balaban J connectivity index is 2.81. The summed E-state index contributed by atoms with van der Waals surface area (Å²) in [6, 6.07) is -0.449. The Morgan fingerprint density at radius 3 is 2.92 bits per heavy atom. The summed E-state index contributed by atoms with van der Waals surface area (Å²) in [5.74, 6) is -0.382. The van der Waals surface area contributed by atoms with Gasteiger partial charge in [-0.05, 0) is 13.5 Å². The fourth-order valence-corrected chi connectivity index (χ4v) is 1.71. The number of carbonyl (C=O) groups is 1. The van der Waals surface area contributed by atoms with E-state index >= 15 is 0 Å². The van der Waals surface area contributed by atoms with Gasteiger partial charge < -0.3 is 11.1 Å². The molecule has 0 aromatic carbocycles. The minimum Gasteiger partial charge on any atom is -0.368 e. The molecular weight excluding hydrogens is 186 g/mol. The van der Waals surface area contributed by atoms with Crippen LogP contribution in [0.1, 0.15) is 23.7 Å². The Kier molecular flexibility index (Phi) is 3.39. The number of hydrogen-bond donors (Lipinski definition) is 2. The van der Waals surface area contributed by atoms with Gasteiger partial charge in [-0.1, -0.05) is 6.92 Å². The summed E-state index contributed by atoms with van der Waals surface area (Å²) in [7, 11) is 0. The molecule has 0 saturated carbocycles. The maximum absolute atomic E-state index is 11.0. The fraction of sp³-hybridized carbons (Fsp3) is 0.500. The molecule has 13 heavy (non-hydrogen) atoms. The number of nitrogens with one attached hydrogen (secondary N) is 1. The topological polar surface area (TPSA) is 68.0 Å². The van der Waals surface area contributed by atoms with Crippen molar-refractivity contribution >= 4 is 17.2 Å². The predicted octanol–water partition coefficient (Wildman–Crippen LogP) is 0.587. The summed E-state index contributed by atoms with van der Waals surface area (Å²) in [5, 5.41) is 5.78. The van der Waals surface area contributed by atoms with Gasteiger partial charge in [-0.25, -0.2) is 4.98 Å². The SMILES string of the molecule is CCNC(C(N)=O)c1csc(C)n1. The number of primary amides is 1. The lowest BCUT2D eigenvalue weighted by molar-refractivity contribution is -0.120. The van der Waals surface area contributed by atoms with Crippen LogP contribution < -0.4 is 11.1 Å². The Morgan fingerprint density at radius 1 is 1.85 bits per heavy atom. The lowest BCUT2D eigenvalue weighted by Gasteiger charge is -2.10. The second-order valence-corrected chi connectivity index (χ2v) is 3.75. The summed E-state index contributed by atoms with van der Waals surface area (Å²) < 4.78 is 0. The van der Waals surface area contributed by atoms with Crippen molar-refractivity contribution in [2.75, 3.05) is 6.54 Å². The van der Waals surface area contributed by atoms with Gasteiger partial charge in [0.1, 0.15) is 6.04 Å². The maximum Gasteiger partial charge on any atom is 0.240 e. The highest BCUT2D eigenvalue weighted by molar-refractivity contribution is 7.09. The molecule has 1 aromatic rings. The Hall–Kier alpha value is -0.940. The van der Waals surface area contributed by atoms with Crippen molar-refractivity contribution < 1.29 is 4.79 Å². The number of carbonyl (C=O) groups excluding carboxylic acids is 1. The summed E-state index contributed by atoms with van der Waals surface area (Å²) in [4.78, 5) is 15.2. The minimum atomic E-state index is -0.449. The van der Waals surface area contributed by atoms with Crippen LogP contribution in [0.25, 0.3) is 0 Å². The number of hydrogen-bond acceptors (Lipinski definition) is 4. The molecule has 0 aliphatic rings. The standard InChI is InChI=1S/C8H13N3OS/c1-3-10-7(8(9)12)6-4-13-5(2)11-6/h4,7,10H,3H2,1-2H3,(H2,9,12). The third-order valence-corrected chi connectivity index (χ3v) is 2.42. The Morgan fingerprint density at radius 2 is 2.54 bits per heavy atom. The van der Waals surface area contributed by atoms with Crippen LogP contribution in [0, 0.1) is 6.92 Å². The van der Waals surface area contributed by atoms with E-state index in [0.29, 0.717) is 6.54 Å². The molecule has 72 valence electrons. The molecule has 0 spiro atoms. The second kappa shape index (κ2) is 4.34. The lowest BCUT2D eigenvalue weighted by Crippen LogP contribution is -2.33. The number of aryl methyl sites for hydroxylation is 1. The van der Waals surface area contributed by atoms with Gasteiger partial charge in [-0.3, -0.25) is 4.79 Å². The second-order valence-electron chi connectivity index (χ2n) is 2.68. The van der Waals surface area contributed by atoms with Gasteiger partial charge in [0.05, 0.1) is 10.7 Å². The molecule has 0 aliphatic heterocycles. The zero-order chi connectivity index (χ0) is 9.84. The van der Waals surface area contributed by atoms with E-state index < -0.39 is 6.04 Å². The minimum absolute atomic E-state index is 0.382. The maximum atomic E-state index is 11.0. The number of nitrogens with two attached hydrogens (primary N) is 1. The van der Waals surface area contributed by atoms with Gasteiger partial charge in [-0.2, -0.15) is 0 Å². The molecule has 0 radical (unpaired) electrons. The van der Waals surface area contributed by atoms with Gasteiger partial charge >= 0.3 is 0 Å². The first-order valence-electron chi connectivity index (χ1n) is 4.10. The van der Waals surface area contributed by atoms with Gasteiger partial charge in [0.15, 0.2) is 0 Å². The zero-order valence-corrected chi connectivity index (χ0v) is 8.52. The lowest BCUT2D eigenvalue weighted by atomic mass is 10.2. The smallest absolute Gasteiger partial charge is 0.240 e. The van der Waals surface area contributed by atoms with Gasteiger partial charge in [0, 0.05) is 5.38 Å². The number of amides is 1. The largest absolute Gasteiger partial charge is 0.368 e. The Bertz CT molecular complexity index is 297. The molecule has 0 saturated heterocycles. The average Bonchev–Trinajstić information content (AvgIpc) is 2.46. The van der Waals surface area contributed by atoms with Crippen molar-refractivity contribution in [3.8, 4) is 0 Å². The van der Waals surface area contributed by atoms with Crippen molar-refractivity contribution in [2.24, 2.45) is 5.73 Å². The van der Waals surface area contributed by atoms with Crippen molar-refractivity contribution in [2.45, 2.75) is 19.9 Å². The van der Waals surface area contributed by atoms with E-state index in [2.05, 4.69) is 10.3 Å². The van der Waals surface area contributed by atoms with E-state index in [1.54, 1.807) is 0 Å². The molecule has 1 amide bonds. The first kappa shape index (κ1) is 10.1. The summed E-state index contributed by atoms with van der Waals surface area (Å²) >= 11 is 1.52. The molecule has 4 nitrogen and oxygen atoms in total. The van der Waals surface area contributed by atoms with Crippen LogP contribution in [-0.2, 0) is 4.79 Å². The predicted molar refractivity (Wildman–Crippen MR) is 52.5 cm³/mol. The average molecular weight is 199 g/mol. The number of likely N-dealkylation sites (N-methyl/N-ethyl adjacent to an activating group) is 1. The third-order valence-electron chi connectivity index (χ3n) is 1.63. The van der Waals surface area contributed by atoms with E-state index in [-0.39, 0.29) is 5.91 Å². The number of thiazole rings is 1. The van der Waals surface area contributed by atoms with Crippen molar-refractivity contribution in [3.63, 3.8) is 0 Å². The highest BCUT2D eigenvalue weighted by Crippen LogP contribution is 2.15. The monoisotopic (exact) mass is 199 g/mol. The number of rotatable bonds is 4. The van der Waals surface area contributed by atoms with E-state index in [1.807, 2.05) is 19.2 Å². The van der Waals surface area contributed by atoms with Crippen molar-refractivity contribution in [1.29, 1.82) is 0 Å². The highest BCUT2D eigenvalue weighted by atomic mass is 32.1. The number of aromatic nitrogens is 1. The number of nitrogens with zero attached hydrogens (tertiary/aromatic N) is 1. The molecule has 1 atom stereocenters.